The summed E-state index contributed by atoms with van der Waals surface area (Å²) in [7, 11) is 0. The molecule has 1 unspecified atom stereocenters. The van der Waals surface area contributed by atoms with Crippen molar-refractivity contribution in [2.24, 2.45) is 11.8 Å². The van der Waals surface area contributed by atoms with Gasteiger partial charge in [0.25, 0.3) is 0 Å². The summed E-state index contributed by atoms with van der Waals surface area (Å²) < 4.78 is 4.87. The average molecular weight is 246 g/mol. The Morgan fingerprint density at radius 3 is 2.31 bits per heavy atom. The Balaban J connectivity index is 4.05. The van der Waals surface area contributed by atoms with E-state index >= 15 is 0 Å². The molecule has 94 valence electrons. The molecule has 0 fully saturated rings. The topological polar surface area (TPSA) is 43.4 Å². The molecule has 0 saturated carbocycles. The van der Waals surface area contributed by atoms with Crippen molar-refractivity contribution in [2.45, 2.75) is 34.1 Å². The molecule has 0 aromatic rings. The molecular weight excluding hydrogens is 224 g/mol. The van der Waals surface area contributed by atoms with E-state index in [0.717, 1.165) is 5.75 Å². The van der Waals surface area contributed by atoms with Crippen LogP contribution in [0.4, 0.5) is 0 Å². The monoisotopic (exact) mass is 246 g/mol. The lowest BCUT2D eigenvalue weighted by Crippen LogP contribution is -2.27. The van der Waals surface area contributed by atoms with Crippen LogP contribution in [0.25, 0.3) is 0 Å². The minimum atomic E-state index is -0.570. The number of ether oxygens (including phenoxy) is 1. The number of carbonyl (C=O) groups is 2. The predicted octanol–water partition coefficient (Wildman–Crippen LogP) is 2.53. The van der Waals surface area contributed by atoms with Crippen LogP contribution in [0, 0.1) is 11.8 Å². The number of hydrogen-bond donors (Lipinski definition) is 0. The van der Waals surface area contributed by atoms with Gasteiger partial charge in [0.05, 0.1) is 12.4 Å². The van der Waals surface area contributed by atoms with Crippen molar-refractivity contribution in [3.63, 3.8) is 0 Å². The van der Waals surface area contributed by atoms with Crippen LogP contribution in [0.1, 0.15) is 34.1 Å². The highest BCUT2D eigenvalue weighted by molar-refractivity contribution is 7.99. The molecule has 0 aromatic carbocycles. The number of carbonyl (C=O) groups excluding carboxylic acids is 2. The molecule has 0 spiro atoms. The zero-order chi connectivity index (χ0) is 12.6. The van der Waals surface area contributed by atoms with Crippen LogP contribution in [0.15, 0.2) is 0 Å². The fraction of sp³-hybridized carbons (Fsp3) is 0.833. The molecule has 0 radical (unpaired) electrons. The van der Waals surface area contributed by atoms with E-state index < -0.39 is 5.92 Å². The van der Waals surface area contributed by atoms with Gasteiger partial charge in [-0.2, -0.15) is 11.8 Å². The molecule has 0 heterocycles. The molecule has 0 saturated heterocycles. The van der Waals surface area contributed by atoms with Gasteiger partial charge in [-0.05, 0) is 25.0 Å². The van der Waals surface area contributed by atoms with E-state index in [1.165, 1.54) is 0 Å². The third-order valence-electron chi connectivity index (χ3n) is 2.06. The lowest BCUT2D eigenvalue weighted by molar-refractivity contribution is -0.151. The fourth-order valence-corrected chi connectivity index (χ4v) is 2.26. The summed E-state index contributed by atoms with van der Waals surface area (Å²) in [5.41, 5.74) is 0. The van der Waals surface area contributed by atoms with Crippen molar-refractivity contribution in [2.75, 3.05) is 18.1 Å². The van der Waals surface area contributed by atoms with Gasteiger partial charge in [0.2, 0.25) is 0 Å². The van der Waals surface area contributed by atoms with E-state index in [4.69, 9.17) is 4.74 Å². The van der Waals surface area contributed by atoms with Gasteiger partial charge in [-0.15, -0.1) is 0 Å². The summed E-state index contributed by atoms with van der Waals surface area (Å²) in [6, 6.07) is 0. The van der Waals surface area contributed by atoms with Crippen molar-refractivity contribution >= 4 is 23.5 Å². The number of thioether (sulfide) groups is 1. The lowest BCUT2D eigenvalue weighted by atomic mass is 10.0. The first-order valence-corrected chi connectivity index (χ1v) is 6.95. The van der Waals surface area contributed by atoms with Crippen LogP contribution in [0.5, 0.6) is 0 Å². The standard InChI is InChI=1S/C12H22O3S/c1-5-10(12(14)15-6-2)11(13)8-16-7-9(3)4/h9-10H,5-8H2,1-4H3. The number of Topliss-reactive ketones (excluding diaryl/α,β-unsaturated/α-hetero) is 1. The summed E-state index contributed by atoms with van der Waals surface area (Å²) in [5.74, 6) is 0.979. The molecule has 0 aliphatic heterocycles. The molecule has 4 heteroatoms. The molecule has 0 N–H and O–H groups in total. The highest BCUT2D eigenvalue weighted by Gasteiger charge is 2.25. The van der Waals surface area contributed by atoms with Crippen molar-refractivity contribution in [1.29, 1.82) is 0 Å². The van der Waals surface area contributed by atoms with Crippen molar-refractivity contribution in [3.05, 3.63) is 0 Å². The van der Waals surface area contributed by atoms with Crippen LogP contribution in [0.2, 0.25) is 0 Å². The summed E-state index contributed by atoms with van der Waals surface area (Å²) >= 11 is 1.59. The third kappa shape index (κ3) is 6.16. The van der Waals surface area contributed by atoms with Gasteiger partial charge >= 0.3 is 5.97 Å². The van der Waals surface area contributed by atoms with Crippen molar-refractivity contribution in [1.82, 2.24) is 0 Å². The number of rotatable bonds is 8. The SMILES string of the molecule is CCOC(=O)C(CC)C(=O)CSCC(C)C. The highest BCUT2D eigenvalue weighted by Crippen LogP contribution is 2.13. The second-order valence-electron chi connectivity index (χ2n) is 4.09. The van der Waals surface area contributed by atoms with Crippen LogP contribution in [0.3, 0.4) is 0 Å². The number of hydrogen-bond acceptors (Lipinski definition) is 4. The number of ketones is 1. The average Bonchev–Trinajstić information content (AvgIpc) is 2.18. The molecule has 0 aromatic heterocycles. The predicted molar refractivity (Wildman–Crippen MR) is 67.6 cm³/mol. The highest BCUT2D eigenvalue weighted by atomic mass is 32.2. The quantitative estimate of drug-likeness (QED) is 0.487. The maximum Gasteiger partial charge on any atom is 0.316 e. The maximum atomic E-state index is 11.8. The molecule has 0 amide bonds. The first kappa shape index (κ1) is 15.5. The molecule has 3 nitrogen and oxygen atoms in total. The second kappa shape index (κ2) is 8.62. The van der Waals surface area contributed by atoms with Gasteiger partial charge in [-0.3, -0.25) is 9.59 Å². The smallest absolute Gasteiger partial charge is 0.316 e. The Labute approximate surface area is 102 Å². The first-order chi connectivity index (χ1) is 7.52. The fourth-order valence-electron chi connectivity index (χ4n) is 1.26. The van der Waals surface area contributed by atoms with Gasteiger partial charge < -0.3 is 4.74 Å². The molecule has 0 rings (SSSR count). The molecule has 0 aliphatic rings. The van der Waals surface area contributed by atoms with E-state index in [1.807, 2.05) is 6.92 Å². The summed E-state index contributed by atoms with van der Waals surface area (Å²) in [4.78, 5) is 23.2. The Morgan fingerprint density at radius 2 is 1.88 bits per heavy atom. The summed E-state index contributed by atoms with van der Waals surface area (Å²) in [5, 5.41) is 0. The Hall–Kier alpha value is -0.510. The third-order valence-corrected chi connectivity index (χ3v) is 3.45. The summed E-state index contributed by atoms with van der Waals surface area (Å²) in [6.45, 7) is 8.15. The van der Waals surface area contributed by atoms with Crippen LogP contribution < -0.4 is 0 Å². The second-order valence-corrected chi connectivity index (χ2v) is 5.12. The van der Waals surface area contributed by atoms with Gasteiger partial charge in [-0.25, -0.2) is 0 Å². The largest absolute Gasteiger partial charge is 0.465 e. The molecule has 16 heavy (non-hydrogen) atoms. The van der Waals surface area contributed by atoms with E-state index in [9.17, 15) is 9.59 Å². The Morgan fingerprint density at radius 1 is 1.25 bits per heavy atom. The maximum absolute atomic E-state index is 11.8. The normalized spacial score (nSPS) is 12.6. The van der Waals surface area contributed by atoms with Crippen molar-refractivity contribution < 1.29 is 14.3 Å². The lowest BCUT2D eigenvalue weighted by Gasteiger charge is -2.12. The van der Waals surface area contributed by atoms with Crippen LogP contribution in [-0.2, 0) is 14.3 Å². The van der Waals surface area contributed by atoms with Gasteiger partial charge in [0.15, 0.2) is 5.78 Å². The zero-order valence-electron chi connectivity index (χ0n) is 10.6. The minimum absolute atomic E-state index is 0.00778. The zero-order valence-corrected chi connectivity index (χ0v) is 11.4. The molecule has 1 atom stereocenters. The Kier molecular flexibility index (Phi) is 8.35. The first-order valence-electron chi connectivity index (χ1n) is 5.79. The summed E-state index contributed by atoms with van der Waals surface area (Å²) in [6.07, 6.45) is 0.528. The van der Waals surface area contributed by atoms with E-state index in [1.54, 1.807) is 18.7 Å². The van der Waals surface area contributed by atoms with E-state index in [-0.39, 0.29) is 11.8 Å². The van der Waals surface area contributed by atoms with Crippen LogP contribution >= 0.6 is 11.8 Å². The van der Waals surface area contributed by atoms with Crippen molar-refractivity contribution in [3.8, 4) is 0 Å². The molecule has 0 aliphatic carbocycles. The minimum Gasteiger partial charge on any atom is -0.465 e. The van der Waals surface area contributed by atoms with Gasteiger partial charge in [0, 0.05) is 0 Å². The van der Waals surface area contributed by atoms with Gasteiger partial charge in [0.1, 0.15) is 5.92 Å². The van der Waals surface area contributed by atoms with Gasteiger partial charge in [-0.1, -0.05) is 20.8 Å². The molecule has 0 bridgehead atoms. The van der Waals surface area contributed by atoms with E-state index in [2.05, 4.69) is 13.8 Å². The Bertz CT molecular complexity index is 226. The molecular formula is C12H22O3S. The van der Waals surface area contributed by atoms with E-state index in [0.29, 0.717) is 24.7 Å². The number of esters is 1. The van der Waals surface area contributed by atoms with Crippen LogP contribution in [-0.4, -0.2) is 29.9 Å².